The predicted octanol–water partition coefficient (Wildman–Crippen LogP) is 13.7. The van der Waals surface area contributed by atoms with Crippen molar-refractivity contribution in [1.29, 1.82) is 0 Å². The molecule has 9 aromatic rings. The van der Waals surface area contributed by atoms with Crippen molar-refractivity contribution in [3.05, 3.63) is 200 Å². The van der Waals surface area contributed by atoms with Gasteiger partial charge in [0, 0.05) is 27.7 Å². The van der Waals surface area contributed by atoms with E-state index in [1.807, 2.05) is 12.1 Å². The van der Waals surface area contributed by atoms with E-state index in [1.165, 1.54) is 38.9 Å². The molecule has 0 aliphatic heterocycles. The maximum atomic E-state index is 6.23. The van der Waals surface area contributed by atoms with Crippen LogP contribution in [0.3, 0.4) is 0 Å². The molecule has 50 heavy (non-hydrogen) atoms. The molecular formula is C48H33NO. The minimum absolute atomic E-state index is 0.883. The summed E-state index contributed by atoms with van der Waals surface area (Å²) >= 11 is 0. The van der Waals surface area contributed by atoms with Crippen LogP contribution >= 0.6 is 0 Å². The molecule has 2 heteroatoms. The molecule has 0 unspecified atom stereocenters. The summed E-state index contributed by atoms with van der Waals surface area (Å²) < 4.78 is 6.23. The van der Waals surface area contributed by atoms with E-state index in [-0.39, 0.29) is 0 Å². The molecule has 0 radical (unpaired) electrons. The van der Waals surface area contributed by atoms with Gasteiger partial charge in [0.2, 0.25) is 0 Å². The minimum Gasteiger partial charge on any atom is -0.456 e. The van der Waals surface area contributed by atoms with E-state index < -0.39 is 0 Å². The summed E-state index contributed by atoms with van der Waals surface area (Å²) in [5.41, 5.74) is 14.5. The minimum atomic E-state index is 0.883. The van der Waals surface area contributed by atoms with E-state index in [2.05, 4.69) is 193 Å². The van der Waals surface area contributed by atoms with Crippen LogP contribution in [0.1, 0.15) is 0 Å². The number of hydrogen-bond donors (Lipinski definition) is 0. The average molecular weight is 640 g/mol. The van der Waals surface area contributed by atoms with Crippen LogP contribution in [0, 0.1) is 0 Å². The van der Waals surface area contributed by atoms with Gasteiger partial charge in [-0.15, -0.1) is 0 Å². The van der Waals surface area contributed by atoms with Gasteiger partial charge in [0.15, 0.2) is 0 Å². The van der Waals surface area contributed by atoms with E-state index >= 15 is 0 Å². The lowest BCUT2D eigenvalue weighted by Gasteiger charge is -2.28. The molecule has 1 aromatic heterocycles. The number of benzene rings is 8. The number of nitrogens with zero attached hydrogens (tertiary/aromatic N) is 1. The van der Waals surface area contributed by atoms with Gasteiger partial charge in [-0.25, -0.2) is 0 Å². The van der Waals surface area contributed by atoms with E-state index in [0.29, 0.717) is 0 Å². The quantitative estimate of drug-likeness (QED) is 0.173. The normalized spacial score (nSPS) is 11.2. The fourth-order valence-corrected chi connectivity index (χ4v) is 7.15. The summed E-state index contributed by atoms with van der Waals surface area (Å²) in [5.74, 6) is 0. The highest BCUT2D eigenvalue weighted by Crippen LogP contribution is 2.46. The van der Waals surface area contributed by atoms with Crippen molar-refractivity contribution < 1.29 is 4.42 Å². The molecule has 0 N–H and O–H groups in total. The summed E-state index contributed by atoms with van der Waals surface area (Å²) in [6.07, 6.45) is 0. The van der Waals surface area contributed by atoms with E-state index in [0.717, 1.165) is 44.6 Å². The summed E-state index contributed by atoms with van der Waals surface area (Å²) in [6.45, 7) is 0. The van der Waals surface area contributed by atoms with Crippen molar-refractivity contribution in [2.24, 2.45) is 0 Å². The predicted molar refractivity (Wildman–Crippen MR) is 210 cm³/mol. The summed E-state index contributed by atoms with van der Waals surface area (Å²) in [7, 11) is 0. The Morgan fingerprint density at radius 3 is 1.64 bits per heavy atom. The fourth-order valence-electron chi connectivity index (χ4n) is 7.15. The van der Waals surface area contributed by atoms with Crippen LogP contribution in [0.4, 0.5) is 17.1 Å². The maximum absolute atomic E-state index is 6.23. The highest BCUT2D eigenvalue weighted by atomic mass is 16.3. The Bertz CT molecular complexity index is 2590. The summed E-state index contributed by atoms with van der Waals surface area (Å²) in [6, 6.07) is 71.2. The molecule has 0 saturated heterocycles. The molecule has 0 bridgehead atoms. The lowest BCUT2D eigenvalue weighted by atomic mass is 9.87. The Morgan fingerprint density at radius 1 is 0.300 bits per heavy atom. The van der Waals surface area contributed by atoms with Crippen LogP contribution in [0.2, 0.25) is 0 Å². The highest BCUT2D eigenvalue weighted by Gasteiger charge is 2.21. The molecule has 0 amide bonds. The third-order valence-electron chi connectivity index (χ3n) is 9.50. The maximum Gasteiger partial charge on any atom is 0.135 e. The number of hydrogen-bond acceptors (Lipinski definition) is 2. The van der Waals surface area contributed by atoms with Crippen LogP contribution in [0.25, 0.3) is 66.4 Å². The van der Waals surface area contributed by atoms with Crippen LogP contribution in [-0.2, 0) is 0 Å². The Hall–Kier alpha value is -6.64. The molecule has 236 valence electrons. The first-order chi connectivity index (χ1) is 24.8. The zero-order chi connectivity index (χ0) is 33.3. The van der Waals surface area contributed by atoms with Crippen LogP contribution in [0.5, 0.6) is 0 Å². The van der Waals surface area contributed by atoms with Gasteiger partial charge >= 0.3 is 0 Å². The molecule has 9 rings (SSSR count). The summed E-state index contributed by atoms with van der Waals surface area (Å²) in [4.78, 5) is 2.37. The second-order valence-corrected chi connectivity index (χ2v) is 12.5. The topological polar surface area (TPSA) is 16.4 Å². The standard InChI is InChI=1S/C48H33NO/c1-4-16-34(17-5-1)36-28-30-39(35-18-6-2-7-19-35)44(32-36)41-23-11-10-22-40(41)42-24-12-14-26-46(42)49(37-20-8-3-9-21-37)38-29-31-48-45(33-38)43-25-13-15-27-47(43)50-48/h1-33H. The van der Waals surface area contributed by atoms with Gasteiger partial charge in [-0.2, -0.15) is 0 Å². The van der Waals surface area contributed by atoms with Crippen LogP contribution in [0.15, 0.2) is 205 Å². The van der Waals surface area contributed by atoms with E-state index in [4.69, 9.17) is 4.42 Å². The van der Waals surface area contributed by atoms with Gasteiger partial charge in [-0.05, 0) is 87.5 Å². The molecule has 0 aliphatic rings. The van der Waals surface area contributed by atoms with Gasteiger partial charge in [-0.3, -0.25) is 0 Å². The van der Waals surface area contributed by atoms with Crippen molar-refractivity contribution in [2.75, 3.05) is 4.90 Å². The van der Waals surface area contributed by atoms with E-state index in [9.17, 15) is 0 Å². The SMILES string of the molecule is c1ccc(-c2ccc(-c3ccccc3)c(-c3ccccc3-c3ccccc3N(c3ccccc3)c3ccc4oc5ccccc5c4c3)c2)cc1. The second-order valence-electron chi connectivity index (χ2n) is 12.5. The lowest BCUT2D eigenvalue weighted by Crippen LogP contribution is -2.11. The molecule has 2 nitrogen and oxygen atoms in total. The first kappa shape index (κ1) is 29.5. The summed E-state index contributed by atoms with van der Waals surface area (Å²) in [5, 5.41) is 2.21. The van der Waals surface area contributed by atoms with Crippen molar-refractivity contribution in [1.82, 2.24) is 0 Å². The molecular weight excluding hydrogens is 607 g/mol. The lowest BCUT2D eigenvalue weighted by molar-refractivity contribution is 0.669. The van der Waals surface area contributed by atoms with Gasteiger partial charge in [0.05, 0.1) is 5.69 Å². The van der Waals surface area contributed by atoms with Crippen molar-refractivity contribution in [3.63, 3.8) is 0 Å². The number of fused-ring (bicyclic) bond motifs is 3. The molecule has 8 aromatic carbocycles. The fraction of sp³-hybridized carbons (Fsp3) is 0. The Morgan fingerprint density at radius 2 is 0.880 bits per heavy atom. The first-order valence-electron chi connectivity index (χ1n) is 17.0. The zero-order valence-corrected chi connectivity index (χ0v) is 27.4. The smallest absolute Gasteiger partial charge is 0.135 e. The Kier molecular flexibility index (Phi) is 7.53. The molecule has 0 aliphatic carbocycles. The van der Waals surface area contributed by atoms with Crippen molar-refractivity contribution >= 4 is 39.0 Å². The van der Waals surface area contributed by atoms with Gasteiger partial charge < -0.3 is 9.32 Å². The van der Waals surface area contributed by atoms with Crippen molar-refractivity contribution in [3.8, 4) is 44.5 Å². The van der Waals surface area contributed by atoms with Crippen LogP contribution < -0.4 is 4.90 Å². The Labute approximate surface area is 292 Å². The molecule has 0 atom stereocenters. The third-order valence-corrected chi connectivity index (χ3v) is 9.50. The number of anilines is 3. The van der Waals surface area contributed by atoms with Gasteiger partial charge in [0.25, 0.3) is 0 Å². The van der Waals surface area contributed by atoms with Crippen molar-refractivity contribution in [2.45, 2.75) is 0 Å². The first-order valence-corrected chi connectivity index (χ1v) is 17.0. The monoisotopic (exact) mass is 639 g/mol. The third kappa shape index (κ3) is 5.34. The van der Waals surface area contributed by atoms with Gasteiger partial charge in [0.1, 0.15) is 11.2 Å². The number of furan rings is 1. The largest absolute Gasteiger partial charge is 0.456 e. The zero-order valence-electron chi connectivity index (χ0n) is 27.4. The second kappa shape index (κ2) is 12.8. The highest BCUT2D eigenvalue weighted by molar-refractivity contribution is 6.07. The number of para-hydroxylation sites is 3. The average Bonchev–Trinajstić information content (AvgIpc) is 3.57. The molecule has 1 heterocycles. The molecule has 0 spiro atoms. The Balaban J connectivity index is 1.27. The molecule has 0 fully saturated rings. The van der Waals surface area contributed by atoms with Crippen LogP contribution in [-0.4, -0.2) is 0 Å². The molecule has 0 saturated carbocycles. The van der Waals surface area contributed by atoms with Gasteiger partial charge in [-0.1, -0.05) is 152 Å². The number of rotatable bonds is 7. The van der Waals surface area contributed by atoms with E-state index in [1.54, 1.807) is 0 Å².